The fraction of sp³-hybridized carbons (Fsp3) is 0.107. The Labute approximate surface area is 197 Å². The van der Waals surface area contributed by atoms with E-state index in [1.807, 2.05) is 98.8 Å². The highest BCUT2D eigenvalue weighted by atomic mass is 16.2. The number of aromatic nitrogens is 3. The topological polar surface area (TPSA) is 68.9 Å². The first-order chi connectivity index (χ1) is 16.5. The second-order valence-electron chi connectivity index (χ2n) is 8.23. The second-order valence-corrected chi connectivity index (χ2v) is 8.23. The van der Waals surface area contributed by atoms with Crippen molar-refractivity contribution < 1.29 is 4.79 Å². The first kappa shape index (κ1) is 21.4. The van der Waals surface area contributed by atoms with Gasteiger partial charge in [-0.1, -0.05) is 66.7 Å². The van der Waals surface area contributed by atoms with E-state index in [4.69, 9.17) is 4.98 Å². The minimum atomic E-state index is -0.334. The van der Waals surface area contributed by atoms with E-state index in [1.54, 1.807) is 16.4 Å². The molecule has 0 spiro atoms. The summed E-state index contributed by atoms with van der Waals surface area (Å²) in [7, 11) is 1.81. The fourth-order valence-corrected chi connectivity index (χ4v) is 4.37. The van der Waals surface area contributed by atoms with Crippen molar-refractivity contribution in [2.45, 2.75) is 13.8 Å². The number of fused-ring (bicyclic) bond motifs is 1. The highest BCUT2D eigenvalue weighted by molar-refractivity contribution is 6.14. The van der Waals surface area contributed by atoms with Gasteiger partial charge in [0, 0.05) is 18.0 Å². The van der Waals surface area contributed by atoms with Gasteiger partial charge in [0.25, 0.3) is 11.5 Å². The number of carbonyl (C=O) groups excluding carboxylic acids is 1. The molecule has 34 heavy (non-hydrogen) atoms. The number of amides is 1. The van der Waals surface area contributed by atoms with Gasteiger partial charge in [-0.3, -0.25) is 14.3 Å². The molecule has 0 unspecified atom stereocenters. The number of anilines is 1. The molecule has 168 valence electrons. The molecule has 0 saturated heterocycles. The zero-order chi connectivity index (χ0) is 23.8. The fourth-order valence-electron chi connectivity index (χ4n) is 4.37. The lowest BCUT2D eigenvalue weighted by Crippen LogP contribution is -2.23. The van der Waals surface area contributed by atoms with Gasteiger partial charge in [0.1, 0.15) is 5.69 Å². The normalized spacial score (nSPS) is 11.0. The molecule has 0 aliphatic carbocycles. The molecule has 0 radical (unpaired) electrons. The van der Waals surface area contributed by atoms with Crippen LogP contribution in [0.1, 0.15) is 21.6 Å². The van der Waals surface area contributed by atoms with Crippen LogP contribution in [-0.4, -0.2) is 20.3 Å². The quantitative estimate of drug-likeness (QED) is 0.408. The van der Waals surface area contributed by atoms with Crippen molar-refractivity contribution in [3.63, 3.8) is 0 Å². The van der Waals surface area contributed by atoms with Crippen LogP contribution in [-0.2, 0) is 7.05 Å². The minimum Gasteiger partial charge on any atom is -0.316 e. The Morgan fingerprint density at radius 1 is 0.853 bits per heavy atom. The van der Waals surface area contributed by atoms with Crippen LogP contribution in [0.3, 0.4) is 0 Å². The van der Waals surface area contributed by atoms with Gasteiger partial charge in [0.2, 0.25) is 0 Å². The maximum absolute atomic E-state index is 13.7. The molecule has 5 rings (SSSR count). The molecule has 0 fully saturated rings. The molecule has 0 atom stereocenters. The van der Waals surface area contributed by atoms with Gasteiger partial charge in [-0.2, -0.15) is 0 Å². The third-order valence-electron chi connectivity index (χ3n) is 6.20. The van der Waals surface area contributed by atoms with Crippen molar-refractivity contribution in [3.8, 4) is 16.9 Å². The molecule has 2 heterocycles. The predicted octanol–water partition coefficient (Wildman–Crippen LogP) is 5.26. The predicted molar refractivity (Wildman–Crippen MR) is 136 cm³/mol. The second kappa shape index (κ2) is 8.48. The molecular weight excluding hydrogens is 424 g/mol. The van der Waals surface area contributed by atoms with Gasteiger partial charge in [0.15, 0.2) is 0 Å². The zero-order valence-electron chi connectivity index (χ0n) is 19.2. The maximum atomic E-state index is 13.7. The van der Waals surface area contributed by atoms with Crippen LogP contribution < -0.4 is 10.9 Å². The largest absolute Gasteiger partial charge is 0.316 e. The molecule has 1 N–H and O–H groups in total. The summed E-state index contributed by atoms with van der Waals surface area (Å²) in [6.45, 7) is 3.72. The summed E-state index contributed by atoms with van der Waals surface area (Å²) in [5, 5.41) is 3.66. The first-order valence-corrected chi connectivity index (χ1v) is 11.1. The lowest BCUT2D eigenvalue weighted by Gasteiger charge is -2.14. The van der Waals surface area contributed by atoms with E-state index >= 15 is 0 Å². The number of nitrogens with one attached hydrogen (secondary N) is 1. The molecular formula is C28H24N4O2. The Kier molecular flexibility index (Phi) is 5.34. The number of benzene rings is 3. The van der Waals surface area contributed by atoms with Crippen molar-refractivity contribution >= 4 is 22.5 Å². The van der Waals surface area contributed by atoms with Crippen LogP contribution in [0.25, 0.3) is 27.8 Å². The molecule has 0 aliphatic rings. The van der Waals surface area contributed by atoms with E-state index in [0.717, 1.165) is 33.4 Å². The maximum Gasteiger partial charge on any atom is 0.295 e. The van der Waals surface area contributed by atoms with Crippen LogP contribution in [0.5, 0.6) is 0 Å². The highest BCUT2D eigenvalue weighted by Gasteiger charge is 2.23. The van der Waals surface area contributed by atoms with E-state index in [1.165, 1.54) is 0 Å². The van der Waals surface area contributed by atoms with Crippen LogP contribution in [0.4, 0.5) is 5.69 Å². The summed E-state index contributed by atoms with van der Waals surface area (Å²) in [5.74, 6) is -0.334. The number of para-hydroxylation sites is 2. The number of hydrogen-bond donors (Lipinski definition) is 1. The average Bonchev–Trinajstić information content (AvgIpc) is 3.07. The molecule has 6 heteroatoms. The lowest BCUT2D eigenvalue weighted by atomic mass is 9.97. The van der Waals surface area contributed by atoms with Crippen LogP contribution in [0.2, 0.25) is 0 Å². The smallest absolute Gasteiger partial charge is 0.295 e. The van der Waals surface area contributed by atoms with Gasteiger partial charge in [-0.05, 0) is 37.6 Å². The highest BCUT2D eigenvalue weighted by Crippen LogP contribution is 2.30. The van der Waals surface area contributed by atoms with Crippen molar-refractivity contribution in [1.29, 1.82) is 0 Å². The molecule has 3 aromatic carbocycles. The molecule has 0 saturated carbocycles. The zero-order valence-corrected chi connectivity index (χ0v) is 19.2. The van der Waals surface area contributed by atoms with E-state index < -0.39 is 0 Å². The summed E-state index contributed by atoms with van der Waals surface area (Å²) < 4.78 is 3.30. The number of nitrogens with zero attached hydrogens (tertiary/aromatic N) is 3. The summed E-state index contributed by atoms with van der Waals surface area (Å²) in [5.41, 5.74) is 5.06. The third kappa shape index (κ3) is 3.49. The van der Waals surface area contributed by atoms with Crippen molar-refractivity contribution in [2.75, 3.05) is 5.32 Å². The van der Waals surface area contributed by atoms with Crippen LogP contribution >= 0.6 is 0 Å². The standard InChI is InChI=1S/C28H24N4O2/c1-18-24(22-16-10-11-17-23(22)29-25(18)20-12-6-4-7-13-20)27(33)30-26-19(2)31(3)32(28(26)34)21-14-8-5-9-15-21/h4-17H,1-3H3,(H,30,33). The molecule has 0 aliphatic heterocycles. The monoisotopic (exact) mass is 448 g/mol. The van der Waals surface area contributed by atoms with Crippen LogP contribution in [0.15, 0.2) is 89.7 Å². The van der Waals surface area contributed by atoms with Crippen molar-refractivity contribution in [2.24, 2.45) is 7.05 Å². The van der Waals surface area contributed by atoms with Gasteiger partial charge in [-0.25, -0.2) is 9.67 Å². The average molecular weight is 449 g/mol. The lowest BCUT2D eigenvalue weighted by molar-refractivity contribution is 0.102. The van der Waals surface area contributed by atoms with Crippen molar-refractivity contribution in [1.82, 2.24) is 14.3 Å². The number of pyridine rings is 1. The van der Waals surface area contributed by atoms with E-state index in [9.17, 15) is 9.59 Å². The molecule has 0 bridgehead atoms. The Balaban J connectivity index is 1.65. The van der Waals surface area contributed by atoms with E-state index in [-0.39, 0.29) is 17.2 Å². The number of hydrogen-bond acceptors (Lipinski definition) is 3. The number of rotatable bonds is 4. The van der Waals surface area contributed by atoms with Crippen LogP contribution in [0, 0.1) is 13.8 Å². The van der Waals surface area contributed by atoms with Gasteiger partial charge >= 0.3 is 0 Å². The van der Waals surface area contributed by atoms with E-state index in [2.05, 4.69) is 5.32 Å². The molecule has 2 aromatic heterocycles. The molecule has 5 aromatic rings. The summed E-state index contributed by atoms with van der Waals surface area (Å²) in [4.78, 5) is 31.9. The summed E-state index contributed by atoms with van der Waals surface area (Å²) >= 11 is 0. The minimum absolute atomic E-state index is 0.262. The Morgan fingerprint density at radius 3 is 2.18 bits per heavy atom. The van der Waals surface area contributed by atoms with Gasteiger partial charge in [0.05, 0.1) is 28.2 Å². The molecule has 6 nitrogen and oxygen atoms in total. The molecule has 1 amide bonds. The van der Waals surface area contributed by atoms with Gasteiger partial charge in [-0.15, -0.1) is 0 Å². The van der Waals surface area contributed by atoms with Gasteiger partial charge < -0.3 is 5.32 Å². The summed E-state index contributed by atoms with van der Waals surface area (Å²) in [6, 6.07) is 26.7. The van der Waals surface area contributed by atoms with E-state index in [0.29, 0.717) is 11.3 Å². The number of carbonyl (C=O) groups is 1. The van der Waals surface area contributed by atoms with Crippen molar-refractivity contribution in [3.05, 3.63) is 112 Å². The summed E-state index contributed by atoms with van der Waals surface area (Å²) in [6.07, 6.45) is 0. The Bertz CT molecular complexity index is 1580. The third-order valence-corrected chi connectivity index (χ3v) is 6.20. The SMILES string of the molecule is Cc1c(-c2ccccc2)nc2ccccc2c1C(=O)Nc1c(C)n(C)n(-c2ccccc2)c1=O. The first-order valence-electron chi connectivity index (χ1n) is 11.1. The Hall–Kier alpha value is -4.45. The Morgan fingerprint density at radius 2 is 1.47 bits per heavy atom.